The third-order valence-electron chi connectivity index (χ3n) is 4.24. The Labute approximate surface area is 111 Å². The minimum atomic E-state index is -0.806. The standard InChI is InChI=1S/C15H17NO3/c1-15(14(17)18)7-3-4-10-11-8-9(19-2)5-6-12(11)16-13(10)15/h5-6,8,16H,3-4,7H2,1-2H3,(H,17,18). The number of carboxylic acids is 1. The van der Waals surface area contributed by atoms with Crippen molar-refractivity contribution in [2.45, 2.75) is 31.6 Å². The number of aromatic amines is 1. The molecule has 0 saturated carbocycles. The Bertz CT molecular complexity index is 659. The van der Waals surface area contributed by atoms with Crippen molar-refractivity contribution in [3.05, 3.63) is 29.5 Å². The number of fused-ring (bicyclic) bond motifs is 3. The van der Waals surface area contributed by atoms with E-state index in [-0.39, 0.29) is 0 Å². The number of aromatic nitrogens is 1. The molecule has 0 spiro atoms. The fourth-order valence-corrected chi connectivity index (χ4v) is 3.04. The molecule has 2 aromatic rings. The molecule has 2 N–H and O–H groups in total. The summed E-state index contributed by atoms with van der Waals surface area (Å²) in [5.74, 6) is 0.0453. The molecule has 0 aliphatic heterocycles. The first kappa shape index (κ1) is 12.1. The van der Waals surface area contributed by atoms with Crippen molar-refractivity contribution in [1.29, 1.82) is 0 Å². The summed E-state index contributed by atoms with van der Waals surface area (Å²) in [6.45, 7) is 1.81. The Hall–Kier alpha value is -1.97. The number of rotatable bonds is 2. The number of benzene rings is 1. The highest BCUT2D eigenvalue weighted by molar-refractivity contribution is 5.90. The van der Waals surface area contributed by atoms with Crippen LogP contribution in [0.4, 0.5) is 0 Å². The molecule has 0 fully saturated rings. The van der Waals surface area contributed by atoms with Gasteiger partial charge in [-0.1, -0.05) is 0 Å². The normalized spacial score (nSPS) is 22.2. The molecule has 100 valence electrons. The van der Waals surface area contributed by atoms with Crippen LogP contribution in [0.25, 0.3) is 10.9 Å². The highest BCUT2D eigenvalue weighted by atomic mass is 16.5. The number of hydrogen-bond donors (Lipinski definition) is 2. The van der Waals surface area contributed by atoms with E-state index in [1.165, 1.54) is 0 Å². The number of hydrogen-bond acceptors (Lipinski definition) is 2. The average molecular weight is 259 g/mol. The largest absolute Gasteiger partial charge is 0.497 e. The Morgan fingerprint density at radius 1 is 1.47 bits per heavy atom. The number of aryl methyl sites for hydroxylation is 1. The molecule has 1 aromatic carbocycles. The summed E-state index contributed by atoms with van der Waals surface area (Å²) in [7, 11) is 1.64. The number of carboxylic acid groups (broad SMARTS) is 1. The monoisotopic (exact) mass is 259 g/mol. The van der Waals surface area contributed by atoms with E-state index in [1.807, 2.05) is 18.2 Å². The van der Waals surface area contributed by atoms with Gasteiger partial charge in [0.2, 0.25) is 0 Å². The zero-order chi connectivity index (χ0) is 13.6. The summed E-state index contributed by atoms with van der Waals surface area (Å²) >= 11 is 0. The number of nitrogens with one attached hydrogen (secondary N) is 1. The summed E-state index contributed by atoms with van der Waals surface area (Å²) in [5, 5.41) is 10.6. The van der Waals surface area contributed by atoms with Gasteiger partial charge in [0.05, 0.1) is 7.11 Å². The third-order valence-corrected chi connectivity index (χ3v) is 4.24. The second-order valence-electron chi connectivity index (χ2n) is 5.38. The Kier molecular flexibility index (Phi) is 2.55. The van der Waals surface area contributed by atoms with Crippen LogP contribution >= 0.6 is 0 Å². The first-order valence-electron chi connectivity index (χ1n) is 6.49. The number of carbonyl (C=O) groups is 1. The lowest BCUT2D eigenvalue weighted by Crippen LogP contribution is -2.36. The molecule has 1 atom stereocenters. The fraction of sp³-hybridized carbons (Fsp3) is 0.400. The molecule has 0 saturated heterocycles. The van der Waals surface area contributed by atoms with Crippen LogP contribution in [0.2, 0.25) is 0 Å². The van der Waals surface area contributed by atoms with Gasteiger partial charge >= 0.3 is 5.97 Å². The Morgan fingerprint density at radius 2 is 2.26 bits per heavy atom. The second-order valence-corrected chi connectivity index (χ2v) is 5.38. The lowest BCUT2D eigenvalue weighted by atomic mass is 9.75. The van der Waals surface area contributed by atoms with E-state index in [4.69, 9.17) is 4.74 Å². The molecule has 0 amide bonds. The molecular weight excluding hydrogens is 242 g/mol. The molecule has 1 heterocycles. The van der Waals surface area contributed by atoms with Gasteiger partial charge in [-0.15, -0.1) is 0 Å². The molecule has 3 rings (SSSR count). The van der Waals surface area contributed by atoms with Crippen LogP contribution in [0.5, 0.6) is 5.75 Å². The molecule has 1 aliphatic carbocycles. The van der Waals surface area contributed by atoms with E-state index >= 15 is 0 Å². The number of H-pyrrole nitrogens is 1. The topological polar surface area (TPSA) is 62.3 Å². The van der Waals surface area contributed by atoms with Crippen molar-refractivity contribution in [3.8, 4) is 5.75 Å². The summed E-state index contributed by atoms with van der Waals surface area (Å²) in [4.78, 5) is 14.9. The minimum Gasteiger partial charge on any atom is -0.497 e. The Morgan fingerprint density at radius 3 is 2.95 bits per heavy atom. The summed E-state index contributed by atoms with van der Waals surface area (Å²) in [6.07, 6.45) is 2.50. The summed E-state index contributed by atoms with van der Waals surface area (Å²) in [6, 6.07) is 5.83. The van der Waals surface area contributed by atoms with Crippen molar-refractivity contribution in [2.75, 3.05) is 7.11 Å². The number of ether oxygens (including phenoxy) is 1. The zero-order valence-electron chi connectivity index (χ0n) is 11.1. The maximum Gasteiger partial charge on any atom is 0.315 e. The van der Waals surface area contributed by atoms with Gasteiger partial charge in [-0.25, -0.2) is 0 Å². The van der Waals surface area contributed by atoms with Crippen molar-refractivity contribution in [1.82, 2.24) is 4.98 Å². The maximum atomic E-state index is 11.6. The van der Waals surface area contributed by atoms with E-state index in [2.05, 4.69) is 4.98 Å². The number of methoxy groups -OCH3 is 1. The molecule has 1 aromatic heterocycles. The zero-order valence-corrected chi connectivity index (χ0v) is 11.1. The fourth-order valence-electron chi connectivity index (χ4n) is 3.04. The van der Waals surface area contributed by atoms with Crippen molar-refractivity contribution in [2.24, 2.45) is 0 Å². The molecule has 0 radical (unpaired) electrons. The third kappa shape index (κ3) is 1.63. The van der Waals surface area contributed by atoms with E-state index in [9.17, 15) is 9.90 Å². The van der Waals surface area contributed by atoms with E-state index in [0.29, 0.717) is 6.42 Å². The molecule has 0 bridgehead atoms. The van der Waals surface area contributed by atoms with Crippen LogP contribution in [0.3, 0.4) is 0 Å². The van der Waals surface area contributed by atoms with Crippen molar-refractivity contribution in [3.63, 3.8) is 0 Å². The molecular formula is C15H17NO3. The molecule has 1 aliphatic rings. The van der Waals surface area contributed by atoms with Gasteiger partial charge in [-0.3, -0.25) is 4.79 Å². The molecule has 19 heavy (non-hydrogen) atoms. The Balaban J connectivity index is 2.27. The van der Waals surface area contributed by atoms with E-state index in [0.717, 1.165) is 40.8 Å². The SMILES string of the molecule is COc1ccc2[nH]c3c(c2c1)CCCC3(C)C(=O)O. The van der Waals surface area contributed by atoms with Crippen molar-refractivity contribution < 1.29 is 14.6 Å². The highest BCUT2D eigenvalue weighted by Crippen LogP contribution is 2.41. The highest BCUT2D eigenvalue weighted by Gasteiger charge is 2.41. The molecule has 4 heteroatoms. The maximum absolute atomic E-state index is 11.6. The van der Waals surface area contributed by atoms with E-state index in [1.54, 1.807) is 14.0 Å². The van der Waals surface area contributed by atoms with Crippen LogP contribution in [-0.4, -0.2) is 23.2 Å². The first-order chi connectivity index (χ1) is 9.06. The molecule has 4 nitrogen and oxygen atoms in total. The van der Waals surface area contributed by atoms with Gasteiger partial charge in [0.25, 0.3) is 0 Å². The smallest absolute Gasteiger partial charge is 0.315 e. The predicted octanol–water partition coefficient (Wildman–Crippen LogP) is 2.86. The average Bonchev–Trinajstić information content (AvgIpc) is 2.78. The molecule has 1 unspecified atom stereocenters. The van der Waals surface area contributed by atoms with Gasteiger partial charge < -0.3 is 14.8 Å². The first-order valence-corrected chi connectivity index (χ1v) is 6.49. The van der Waals surface area contributed by atoms with Crippen LogP contribution in [0.1, 0.15) is 31.0 Å². The van der Waals surface area contributed by atoms with Crippen molar-refractivity contribution >= 4 is 16.9 Å². The lowest BCUT2D eigenvalue weighted by Gasteiger charge is -2.29. The van der Waals surface area contributed by atoms with Crippen LogP contribution in [-0.2, 0) is 16.6 Å². The van der Waals surface area contributed by atoms with Crippen LogP contribution in [0.15, 0.2) is 18.2 Å². The second kappa shape index (κ2) is 4.02. The lowest BCUT2D eigenvalue weighted by molar-refractivity contribution is -0.143. The van der Waals surface area contributed by atoms with Crippen LogP contribution < -0.4 is 4.74 Å². The predicted molar refractivity (Wildman–Crippen MR) is 72.8 cm³/mol. The van der Waals surface area contributed by atoms with Gasteiger partial charge in [-0.2, -0.15) is 0 Å². The van der Waals surface area contributed by atoms with Gasteiger partial charge in [0.15, 0.2) is 0 Å². The van der Waals surface area contributed by atoms with Gasteiger partial charge in [0.1, 0.15) is 11.2 Å². The summed E-state index contributed by atoms with van der Waals surface area (Å²) in [5.41, 5.74) is 2.17. The minimum absolute atomic E-state index is 0.680. The van der Waals surface area contributed by atoms with Gasteiger partial charge in [-0.05, 0) is 49.9 Å². The quantitative estimate of drug-likeness (QED) is 0.871. The van der Waals surface area contributed by atoms with E-state index < -0.39 is 11.4 Å². The number of aliphatic carboxylic acids is 1. The van der Waals surface area contributed by atoms with Gasteiger partial charge in [0, 0.05) is 16.6 Å². The van der Waals surface area contributed by atoms with Crippen LogP contribution in [0, 0.1) is 0 Å². The summed E-state index contributed by atoms with van der Waals surface area (Å²) < 4.78 is 5.25.